The van der Waals surface area contributed by atoms with Gasteiger partial charge in [-0.05, 0) is 30.3 Å². The summed E-state index contributed by atoms with van der Waals surface area (Å²) in [5.41, 5.74) is 7.03. The minimum absolute atomic E-state index is 0.334. The van der Waals surface area contributed by atoms with Crippen LogP contribution in [0.15, 0.2) is 40.9 Å². The number of ether oxygens (including phenoxy) is 1. The highest BCUT2D eigenvalue weighted by molar-refractivity contribution is 9.10. The second kappa shape index (κ2) is 6.15. The number of nitrogen functional groups attached to an aromatic ring is 1. The maximum absolute atomic E-state index is 12.2. The van der Waals surface area contributed by atoms with Crippen LogP contribution in [0.5, 0.6) is 5.75 Å². The van der Waals surface area contributed by atoms with Crippen LogP contribution < -0.4 is 15.8 Å². The van der Waals surface area contributed by atoms with Crippen LogP contribution in [0.25, 0.3) is 0 Å². The van der Waals surface area contributed by atoms with Crippen molar-refractivity contribution in [2.45, 2.75) is 0 Å². The molecule has 0 aliphatic rings. The van der Waals surface area contributed by atoms with Gasteiger partial charge in [0.2, 0.25) is 0 Å². The molecule has 0 unspecified atom stereocenters. The molecule has 4 nitrogen and oxygen atoms in total. The fraction of sp³-hybridized carbons (Fsp3) is 0.0714. The van der Waals surface area contributed by atoms with E-state index in [-0.39, 0.29) is 5.91 Å². The average molecular weight is 356 g/mol. The number of halogens is 2. The SMILES string of the molecule is COc1ccc(Cl)c(NC(=O)c2cc(Br)ccc2N)c1. The topological polar surface area (TPSA) is 64.3 Å². The molecule has 0 radical (unpaired) electrons. The zero-order valence-electron chi connectivity index (χ0n) is 10.6. The number of carbonyl (C=O) groups excluding carboxylic acids is 1. The first-order valence-corrected chi connectivity index (χ1v) is 6.88. The standard InChI is InChI=1S/C14H12BrClN2O2/c1-20-9-3-4-11(16)13(7-9)18-14(19)10-6-8(15)2-5-12(10)17/h2-7H,17H2,1H3,(H,18,19). The van der Waals surface area contributed by atoms with Gasteiger partial charge in [0.25, 0.3) is 5.91 Å². The van der Waals surface area contributed by atoms with Gasteiger partial charge in [0, 0.05) is 16.2 Å². The second-order valence-electron chi connectivity index (χ2n) is 4.03. The monoisotopic (exact) mass is 354 g/mol. The van der Waals surface area contributed by atoms with Crippen LogP contribution in [-0.4, -0.2) is 13.0 Å². The Bertz CT molecular complexity index is 662. The van der Waals surface area contributed by atoms with Crippen LogP contribution >= 0.6 is 27.5 Å². The van der Waals surface area contributed by atoms with Crippen molar-refractivity contribution in [1.29, 1.82) is 0 Å². The predicted molar refractivity (Wildman–Crippen MR) is 84.5 cm³/mol. The predicted octanol–water partition coefficient (Wildman–Crippen LogP) is 3.95. The summed E-state index contributed by atoms with van der Waals surface area (Å²) in [5.74, 6) is 0.269. The lowest BCUT2D eigenvalue weighted by molar-refractivity contribution is 0.102. The molecule has 0 atom stereocenters. The van der Waals surface area contributed by atoms with Crippen LogP contribution in [0, 0.1) is 0 Å². The summed E-state index contributed by atoms with van der Waals surface area (Å²) in [4.78, 5) is 12.2. The number of nitrogens with one attached hydrogen (secondary N) is 1. The van der Waals surface area contributed by atoms with Gasteiger partial charge in [-0.2, -0.15) is 0 Å². The molecular weight excluding hydrogens is 344 g/mol. The highest BCUT2D eigenvalue weighted by Gasteiger charge is 2.12. The van der Waals surface area contributed by atoms with Gasteiger partial charge in [-0.15, -0.1) is 0 Å². The Labute approximate surface area is 130 Å². The Balaban J connectivity index is 2.30. The summed E-state index contributed by atoms with van der Waals surface area (Å²) >= 11 is 9.35. The third kappa shape index (κ3) is 3.23. The van der Waals surface area contributed by atoms with Crippen molar-refractivity contribution in [3.05, 3.63) is 51.5 Å². The fourth-order valence-electron chi connectivity index (χ4n) is 1.64. The Morgan fingerprint density at radius 3 is 2.75 bits per heavy atom. The first kappa shape index (κ1) is 14.7. The van der Waals surface area contributed by atoms with Crippen LogP contribution in [-0.2, 0) is 0 Å². The van der Waals surface area contributed by atoms with E-state index < -0.39 is 0 Å². The number of anilines is 2. The first-order valence-electron chi connectivity index (χ1n) is 5.71. The van der Waals surface area contributed by atoms with Gasteiger partial charge in [0.15, 0.2) is 0 Å². The number of hydrogen-bond acceptors (Lipinski definition) is 3. The molecule has 0 spiro atoms. The maximum atomic E-state index is 12.2. The number of nitrogens with two attached hydrogens (primary N) is 1. The molecule has 0 heterocycles. The van der Waals surface area contributed by atoms with Gasteiger partial charge in [-0.25, -0.2) is 0 Å². The highest BCUT2D eigenvalue weighted by atomic mass is 79.9. The van der Waals surface area contributed by atoms with Gasteiger partial charge >= 0.3 is 0 Å². The van der Waals surface area contributed by atoms with Crippen LogP contribution in [0.4, 0.5) is 11.4 Å². The van der Waals surface area contributed by atoms with E-state index in [1.165, 1.54) is 0 Å². The molecule has 3 N–H and O–H groups in total. The molecule has 0 saturated heterocycles. The molecule has 0 saturated carbocycles. The number of rotatable bonds is 3. The molecule has 0 fully saturated rings. The van der Waals surface area contributed by atoms with Crippen molar-refractivity contribution in [3.63, 3.8) is 0 Å². The molecule has 0 bridgehead atoms. The van der Waals surface area contributed by atoms with Crippen molar-refractivity contribution < 1.29 is 9.53 Å². The maximum Gasteiger partial charge on any atom is 0.257 e. The lowest BCUT2D eigenvalue weighted by Gasteiger charge is -2.10. The summed E-state index contributed by atoms with van der Waals surface area (Å²) in [6, 6.07) is 10.1. The van der Waals surface area contributed by atoms with Gasteiger partial charge in [0.1, 0.15) is 5.75 Å². The summed E-state index contributed by atoms with van der Waals surface area (Å²) in [6.07, 6.45) is 0. The van der Waals surface area contributed by atoms with Crippen LogP contribution in [0.3, 0.4) is 0 Å². The molecule has 6 heteroatoms. The van der Waals surface area contributed by atoms with E-state index in [0.717, 1.165) is 4.47 Å². The number of benzene rings is 2. The van der Waals surface area contributed by atoms with Gasteiger partial charge in [0.05, 0.1) is 23.4 Å². The van der Waals surface area contributed by atoms with Gasteiger partial charge in [-0.1, -0.05) is 27.5 Å². The molecule has 104 valence electrons. The Kier molecular flexibility index (Phi) is 4.52. The zero-order chi connectivity index (χ0) is 14.7. The molecule has 2 rings (SSSR count). The lowest BCUT2D eigenvalue weighted by Crippen LogP contribution is -2.14. The smallest absolute Gasteiger partial charge is 0.257 e. The molecule has 2 aromatic rings. The van der Waals surface area contributed by atoms with Crippen LogP contribution in [0.1, 0.15) is 10.4 Å². The summed E-state index contributed by atoms with van der Waals surface area (Å²) < 4.78 is 5.87. The quantitative estimate of drug-likeness (QED) is 0.820. The summed E-state index contributed by atoms with van der Waals surface area (Å²) in [6.45, 7) is 0. The average Bonchev–Trinajstić information content (AvgIpc) is 2.43. The molecule has 2 aromatic carbocycles. The van der Waals surface area contributed by atoms with Crippen molar-refractivity contribution in [2.24, 2.45) is 0 Å². The summed E-state index contributed by atoms with van der Waals surface area (Å²) in [5, 5.41) is 3.14. The van der Waals surface area contributed by atoms with E-state index in [1.807, 2.05) is 0 Å². The van der Waals surface area contributed by atoms with E-state index in [2.05, 4.69) is 21.2 Å². The third-order valence-electron chi connectivity index (χ3n) is 2.68. The number of amides is 1. The van der Waals surface area contributed by atoms with E-state index in [9.17, 15) is 4.79 Å². The van der Waals surface area contributed by atoms with Crippen LogP contribution in [0.2, 0.25) is 5.02 Å². The second-order valence-corrected chi connectivity index (χ2v) is 5.35. The molecule has 0 aliphatic carbocycles. The largest absolute Gasteiger partial charge is 0.497 e. The number of hydrogen-bond donors (Lipinski definition) is 2. The molecule has 0 aromatic heterocycles. The third-order valence-corrected chi connectivity index (χ3v) is 3.50. The minimum atomic E-state index is -0.334. The Morgan fingerprint density at radius 2 is 2.05 bits per heavy atom. The van der Waals surface area contributed by atoms with E-state index in [4.69, 9.17) is 22.1 Å². The van der Waals surface area contributed by atoms with E-state index in [0.29, 0.717) is 27.7 Å². The van der Waals surface area contributed by atoms with Gasteiger partial charge in [-0.3, -0.25) is 4.79 Å². The molecular formula is C14H12BrClN2O2. The summed E-state index contributed by atoms with van der Waals surface area (Å²) in [7, 11) is 1.54. The first-order chi connectivity index (χ1) is 9.51. The zero-order valence-corrected chi connectivity index (χ0v) is 13.0. The van der Waals surface area contributed by atoms with Crippen molar-refractivity contribution >= 4 is 44.8 Å². The van der Waals surface area contributed by atoms with Crippen molar-refractivity contribution in [1.82, 2.24) is 0 Å². The normalized spacial score (nSPS) is 10.2. The minimum Gasteiger partial charge on any atom is -0.497 e. The highest BCUT2D eigenvalue weighted by Crippen LogP contribution is 2.28. The van der Waals surface area contributed by atoms with Gasteiger partial charge < -0.3 is 15.8 Å². The molecule has 0 aliphatic heterocycles. The lowest BCUT2D eigenvalue weighted by atomic mass is 10.1. The van der Waals surface area contributed by atoms with Crippen molar-refractivity contribution in [2.75, 3.05) is 18.2 Å². The van der Waals surface area contributed by atoms with Crippen molar-refractivity contribution in [3.8, 4) is 5.75 Å². The van der Waals surface area contributed by atoms with E-state index >= 15 is 0 Å². The number of carbonyl (C=O) groups is 1. The molecule has 1 amide bonds. The Hall–Kier alpha value is -1.72. The Morgan fingerprint density at radius 1 is 1.30 bits per heavy atom. The fourth-order valence-corrected chi connectivity index (χ4v) is 2.17. The molecule has 20 heavy (non-hydrogen) atoms. The van der Waals surface area contributed by atoms with E-state index in [1.54, 1.807) is 43.5 Å². The number of methoxy groups -OCH3 is 1.